The SMILES string of the molecule is CCc1c(C)nc2ncnn2c1Sc1ccc(NC(=O)Nc2ccc(C)cc2C)cc1. The number of hydrogen-bond acceptors (Lipinski definition) is 5. The van der Waals surface area contributed by atoms with E-state index in [1.807, 2.05) is 63.2 Å². The third-order valence-electron chi connectivity index (χ3n) is 5.00. The van der Waals surface area contributed by atoms with Gasteiger partial charge in [0.15, 0.2) is 0 Å². The number of fused-ring (bicyclic) bond motifs is 1. The molecule has 7 nitrogen and oxygen atoms in total. The molecule has 0 radical (unpaired) electrons. The summed E-state index contributed by atoms with van der Waals surface area (Å²) in [6.07, 6.45) is 2.38. The van der Waals surface area contributed by atoms with Gasteiger partial charge in [0.25, 0.3) is 5.78 Å². The lowest BCUT2D eigenvalue weighted by Gasteiger charge is -2.13. The van der Waals surface area contributed by atoms with Crippen molar-refractivity contribution in [2.45, 2.75) is 44.0 Å². The average molecular weight is 433 g/mol. The number of carbonyl (C=O) groups is 1. The maximum atomic E-state index is 12.4. The van der Waals surface area contributed by atoms with Crippen molar-refractivity contribution in [1.29, 1.82) is 0 Å². The predicted octanol–water partition coefficient (Wildman–Crippen LogP) is 5.41. The van der Waals surface area contributed by atoms with Gasteiger partial charge in [-0.2, -0.15) is 14.6 Å². The molecule has 4 rings (SSSR count). The van der Waals surface area contributed by atoms with Gasteiger partial charge in [-0.3, -0.25) is 0 Å². The van der Waals surface area contributed by atoms with E-state index in [0.29, 0.717) is 5.78 Å². The van der Waals surface area contributed by atoms with Crippen molar-refractivity contribution in [3.05, 3.63) is 71.2 Å². The van der Waals surface area contributed by atoms with Gasteiger partial charge in [-0.15, -0.1) is 0 Å². The van der Waals surface area contributed by atoms with Crippen LogP contribution in [0.5, 0.6) is 0 Å². The Hall–Kier alpha value is -3.39. The van der Waals surface area contributed by atoms with Gasteiger partial charge in [-0.05, 0) is 63.1 Å². The van der Waals surface area contributed by atoms with E-state index < -0.39 is 0 Å². The molecule has 2 amide bonds. The fraction of sp³-hybridized carbons (Fsp3) is 0.217. The summed E-state index contributed by atoms with van der Waals surface area (Å²) in [6.45, 7) is 8.12. The molecule has 2 aromatic heterocycles. The van der Waals surface area contributed by atoms with Crippen LogP contribution in [0.2, 0.25) is 0 Å². The van der Waals surface area contributed by atoms with Gasteiger partial charge in [-0.25, -0.2) is 9.78 Å². The van der Waals surface area contributed by atoms with Crippen LogP contribution in [-0.4, -0.2) is 25.6 Å². The highest BCUT2D eigenvalue weighted by Gasteiger charge is 2.14. The summed E-state index contributed by atoms with van der Waals surface area (Å²) >= 11 is 1.61. The molecule has 0 bridgehead atoms. The molecular formula is C23H24N6OS. The van der Waals surface area contributed by atoms with Crippen LogP contribution in [0.25, 0.3) is 5.78 Å². The lowest BCUT2D eigenvalue weighted by Crippen LogP contribution is -2.19. The van der Waals surface area contributed by atoms with Gasteiger partial charge >= 0.3 is 6.03 Å². The summed E-state index contributed by atoms with van der Waals surface area (Å²) in [5.41, 5.74) is 5.83. The number of benzene rings is 2. The largest absolute Gasteiger partial charge is 0.323 e. The fourth-order valence-corrected chi connectivity index (χ4v) is 4.55. The Morgan fingerprint density at radius 3 is 2.55 bits per heavy atom. The van der Waals surface area contributed by atoms with Gasteiger partial charge < -0.3 is 10.6 Å². The van der Waals surface area contributed by atoms with Crippen LogP contribution in [0.15, 0.2) is 58.7 Å². The number of hydrogen-bond donors (Lipinski definition) is 2. The molecule has 4 aromatic rings. The number of rotatable bonds is 5. The summed E-state index contributed by atoms with van der Waals surface area (Å²) in [6, 6.07) is 13.4. The van der Waals surface area contributed by atoms with Crippen molar-refractivity contribution < 1.29 is 4.79 Å². The van der Waals surface area contributed by atoms with Crippen molar-refractivity contribution in [3.8, 4) is 0 Å². The molecule has 2 N–H and O–H groups in total. The molecular weight excluding hydrogens is 408 g/mol. The number of anilines is 2. The zero-order chi connectivity index (χ0) is 22.0. The molecule has 0 saturated carbocycles. The lowest BCUT2D eigenvalue weighted by atomic mass is 10.1. The Kier molecular flexibility index (Phi) is 5.90. The van der Waals surface area contributed by atoms with Gasteiger partial charge in [0.1, 0.15) is 11.4 Å². The first kappa shape index (κ1) is 20.9. The number of nitrogens with one attached hydrogen (secondary N) is 2. The Bertz CT molecular complexity index is 1250. The minimum absolute atomic E-state index is 0.269. The summed E-state index contributed by atoms with van der Waals surface area (Å²) < 4.78 is 1.78. The molecule has 0 saturated heterocycles. The van der Waals surface area contributed by atoms with Crippen LogP contribution in [-0.2, 0) is 6.42 Å². The molecule has 0 aliphatic carbocycles. The molecule has 8 heteroatoms. The molecule has 158 valence electrons. The van der Waals surface area contributed by atoms with Gasteiger partial charge in [0.05, 0.1) is 0 Å². The summed E-state index contributed by atoms with van der Waals surface area (Å²) in [4.78, 5) is 22.2. The van der Waals surface area contributed by atoms with Gasteiger partial charge in [0.2, 0.25) is 0 Å². The van der Waals surface area contributed by atoms with Crippen molar-refractivity contribution in [3.63, 3.8) is 0 Å². The molecule has 31 heavy (non-hydrogen) atoms. The third kappa shape index (κ3) is 4.54. The number of nitrogens with zero attached hydrogens (tertiary/aromatic N) is 4. The molecule has 0 unspecified atom stereocenters. The number of carbonyl (C=O) groups excluding carboxylic acids is 1. The van der Waals surface area contributed by atoms with E-state index in [1.54, 1.807) is 16.3 Å². The standard InChI is InChI=1S/C23H24N6OS/c1-5-19-16(4)26-22-24-13-25-29(22)21(19)31-18-9-7-17(8-10-18)27-23(30)28-20-11-6-14(2)12-15(20)3/h6-13H,5H2,1-4H3,(H2,27,28,30). The second kappa shape index (κ2) is 8.77. The summed E-state index contributed by atoms with van der Waals surface area (Å²) in [7, 11) is 0. The first-order valence-electron chi connectivity index (χ1n) is 10.1. The quantitative estimate of drug-likeness (QED) is 0.412. The first-order valence-corrected chi connectivity index (χ1v) is 10.9. The third-order valence-corrected chi connectivity index (χ3v) is 6.12. The lowest BCUT2D eigenvalue weighted by molar-refractivity contribution is 0.262. The summed E-state index contributed by atoms with van der Waals surface area (Å²) in [5, 5.41) is 11.1. The zero-order valence-electron chi connectivity index (χ0n) is 17.9. The van der Waals surface area contributed by atoms with Crippen LogP contribution >= 0.6 is 11.8 Å². The second-order valence-corrected chi connectivity index (χ2v) is 8.39. The predicted molar refractivity (Wildman–Crippen MR) is 124 cm³/mol. The van der Waals surface area contributed by atoms with E-state index in [1.165, 1.54) is 6.33 Å². The monoisotopic (exact) mass is 432 g/mol. The highest BCUT2D eigenvalue weighted by atomic mass is 32.2. The van der Waals surface area contributed by atoms with E-state index in [9.17, 15) is 4.79 Å². The molecule has 0 atom stereocenters. The highest BCUT2D eigenvalue weighted by Crippen LogP contribution is 2.32. The van der Waals surface area contributed by atoms with Crippen molar-refractivity contribution in [1.82, 2.24) is 19.6 Å². The molecule has 0 aliphatic rings. The topological polar surface area (TPSA) is 84.2 Å². The molecule has 0 fully saturated rings. The zero-order valence-corrected chi connectivity index (χ0v) is 18.7. The van der Waals surface area contributed by atoms with E-state index >= 15 is 0 Å². The maximum Gasteiger partial charge on any atom is 0.323 e. The van der Waals surface area contributed by atoms with Crippen molar-refractivity contribution >= 4 is 34.9 Å². The van der Waals surface area contributed by atoms with Crippen LogP contribution < -0.4 is 10.6 Å². The van der Waals surface area contributed by atoms with E-state index in [2.05, 4.69) is 32.6 Å². The van der Waals surface area contributed by atoms with E-state index in [4.69, 9.17) is 0 Å². The second-order valence-electron chi connectivity index (χ2n) is 7.33. The summed E-state index contributed by atoms with van der Waals surface area (Å²) in [5.74, 6) is 0.596. The highest BCUT2D eigenvalue weighted by molar-refractivity contribution is 7.99. The maximum absolute atomic E-state index is 12.4. The van der Waals surface area contributed by atoms with Gasteiger partial charge in [0, 0.05) is 27.5 Å². The Morgan fingerprint density at radius 1 is 1.06 bits per heavy atom. The smallest absolute Gasteiger partial charge is 0.308 e. The molecule has 2 aromatic carbocycles. The average Bonchev–Trinajstić information content (AvgIpc) is 3.20. The Balaban J connectivity index is 1.48. The van der Waals surface area contributed by atoms with Crippen LogP contribution in [0.1, 0.15) is 29.3 Å². The minimum atomic E-state index is -0.269. The van der Waals surface area contributed by atoms with Crippen LogP contribution in [0.3, 0.4) is 0 Å². The number of urea groups is 1. The number of aromatic nitrogens is 4. The van der Waals surface area contributed by atoms with Gasteiger partial charge in [-0.1, -0.05) is 36.4 Å². The van der Waals surface area contributed by atoms with E-state index in [0.717, 1.165) is 50.1 Å². The van der Waals surface area contributed by atoms with Crippen molar-refractivity contribution in [2.75, 3.05) is 10.6 Å². The Labute approximate surface area is 185 Å². The van der Waals surface area contributed by atoms with Crippen LogP contribution in [0.4, 0.5) is 16.2 Å². The molecule has 2 heterocycles. The first-order chi connectivity index (χ1) is 14.9. The number of aryl methyl sites for hydroxylation is 3. The van der Waals surface area contributed by atoms with Crippen molar-refractivity contribution in [2.24, 2.45) is 0 Å². The molecule has 0 aliphatic heterocycles. The fourth-order valence-electron chi connectivity index (χ4n) is 3.42. The normalized spacial score (nSPS) is 11.0. The molecule has 0 spiro atoms. The van der Waals surface area contributed by atoms with Crippen LogP contribution in [0, 0.1) is 20.8 Å². The Morgan fingerprint density at radius 2 is 1.84 bits per heavy atom. The van der Waals surface area contributed by atoms with E-state index in [-0.39, 0.29) is 6.03 Å². The number of amides is 2. The minimum Gasteiger partial charge on any atom is -0.308 e.